The first kappa shape index (κ1) is 21.4. The minimum absolute atomic E-state index is 0. The zero-order valence-electron chi connectivity index (χ0n) is 13.1. The number of thioether (sulfide) groups is 1. The molecule has 0 spiro atoms. The molecule has 0 saturated carbocycles. The summed E-state index contributed by atoms with van der Waals surface area (Å²) in [6.45, 7) is 4.74. The fraction of sp³-hybridized carbons (Fsp3) is 0.533. The zero-order valence-corrected chi connectivity index (χ0v) is 15.5. The van der Waals surface area contributed by atoms with Gasteiger partial charge in [-0.05, 0) is 42.5 Å². The molecule has 0 radical (unpaired) electrons. The Hall–Kier alpha value is -0.620. The van der Waals surface area contributed by atoms with Crippen molar-refractivity contribution < 1.29 is 9.53 Å². The second-order valence-corrected chi connectivity index (χ2v) is 6.62. The van der Waals surface area contributed by atoms with Gasteiger partial charge in [0.15, 0.2) is 0 Å². The number of halogens is 2. The molecule has 1 amide bonds. The highest BCUT2D eigenvalue weighted by Gasteiger charge is 2.14. The van der Waals surface area contributed by atoms with Crippen LogP contribution in [0, 0.1) is 5.92 Å². The van der Waals surface area contributed by atoms with Crippen molar-refractivity contribution in [3.8, 4) is 5.75 Å². The van der Waals surface area contributed by atoms with E-state index in [-0.39, 0.29) is 18.3 Å². The number of amides is 1. The van der Waals surface area contributed by atoms with Crippen molar-refractivity contribution >= 4 is 47.4 Å². The summed E-state index contributed by atoms with van der Waals surface area (Å²) < 4.78 is 5.59. The van der Waals surface area contributed by atoms with Gasteiger partial charge in [-0.25, -0.2) is 0 Å². The number of ether oxygens (including phenoxy) is 1. The molecule has 22 heavy (non-hydrogen) atoms. The highest BCUT2D eigenvalue weighted by atomic mass is 35.5. The van der Waals surface area contributed by atoms with Gasteiger partial charge in [0.05, 0.1) is 17.7 Å². The number of hydrogen-bond acceptors (Lipinski definition) is 4. The third kappa shape index (κ3) is 7.58. The molecule has 0 fully saturated rings. The second kappa shape index (κ2) is 11.0. The van der Waals surface area contributed by atoms with Gasteiger partial charge in [-0.2, -0.15) is 11.8 Å². The minimum Gasteiger partial charge on any atom is -0.492 e. The summed E-state index contributed by atoms with van der Waals surface area (Å²) in [4.78, 5) is 11.9. The van der Waals surface area contributed by atoms with Gasteiger partial charge in [0.1, 0.15) is 5.75 Å². The molecule has 0 aliphatic carbocycles. The molecule has 4 nitrogen and oxygen atoms in total. The maximum atomic E-state index is 11.9. The van der Waals surface area contributed by atoms with Crippen LogP contribution < -0.4 is 15.8 Å². The summed E-state index contributed by atoms with van der Waals surface area (Å²) in [6, 6.07) is 4.69. The van der Waals surface area contributed by atoms with Crippen LogP contribution in [0.4, 0.5) is 5.69 Å². The van der Waals surface area contributed by atoms with Gasteiger partial charge in [-0.3, -0.25) is 4.79 Å². The Kier molecular flexibility index (Phi) is 10.7. The van der Waals surface area contributed by atoms with E-state index in [4.69, 9.17) is 22.1 Å². The van der Waals surface area contributed by atoms with E-state index in [1.807, 2.05) is 6.26 Å². The Balaban J connectivity index is 0.00000441. The number of benzene rings is 1. The van der Waals surface area contributed by atoms with E-state index in [1.54, 1.807) is 30.0 Å². The third-order valence-electron chi connectivity index (χ3n) is 2.74. The van der Waals surface area contributed by atoms with Gasteiger partial charge < -0.3 is 15.8 Å². The first-order valence-electron chi connectivity index (χ1n) is 6.91. The summed E-state index contributed by atoms with van der Waals surface area (Å²) in [5, 5.41) is 3.25. The van der Waals surface area contributed by atoms with Crippen LogP contribution in [-0.2, 0) is 4.79 Å². The van der Waals surface area contributed by atoms with Crippen LogP contribution >= 0.6 is 35.8 Å². The molecule has 7 heteroatoms. The van der Waals surface area contributed by atoms with Gasteiger partial charge in [0, 0.05) is 5.69 Å². The minimum atomic E-state index is -0.506. The maximum Gasteiger partial charge on any atom is 0.241 e. The molecule has 1 aromatic carbocycles. The van der Waals surface area contributed by atoms with E-state index >= 15 is 0 Å². The number of carbonyl (C=O) groups is 1. The molecule has 0 bridgehead atoms. The van der Waals surface area contributed by atoms with Crippen molar-refractivity contribution in [3.63, 3.8) is 0 Å². The van der Waals surface area contributed by atoms with E-state index in [0.717, 1.165) is 5.75 Å². The molecule has 1 atom stereocenters. The van der Waals surface area contributed by atoms with Gasteiger partial charge in [0.2, 0.25) is 5.91 Å². The smallest absolute Gasteiger partial charge is 0.241 e. The lowest BCUT2D eigenvalue weighted by atomic mass is 10.2. The highest BCUT2D eigenvalue weighted by molar-refractivity contribution is 7.98. The second-order valence-electron chi connectivity index (χ2n) is 5.23. The van der Waals surface area contributed by atoms with Crippen molar-refractivity contribution in [2.24, 2.45) is 11.7 Å². The largest absolute Gasteiger partial charge is 0.492 e. The Morgan fingerprint density at radius 2 is 2.14 bits per heavy atom. The third-order valence-corrected chi connectivity index (χ3v) is 3.68. The SMILES string of the molecule is CSCCC(N)C(=O)Nc1ccc(OCC(C)C)c(Cl)c1.Cl. The van der Waals surface area contributed by atoms with Crippen LogP contribution in [-0.4, -0.2) is 30.6 Å². The van der Waals surface area contributed by atoms with Gasteiger partial charge >= 0.3 is 0 Å². The maximum absolute atomic E-state index is 11.9. The molecular formula is C15H24Cl2N2O2S. The normalized spacial score (nSPS) is 11.7. The van der Waals surface area contributed by atoms with Crippen LogP contribution in [0.1, 0.15) is 20.3 Å². The fourth-order valence-electron chi connectivity index (χ4n) is 1.56. The predicted octanol–water partition coefficient (Wildman–Crippen LogP) is 3.82. The molecule has 0 aliphatic heterocycles. The van der Waals surface area contributed by atoms with Crippen LogP contribution in [0.25, 0.3) is 0 Å². The zero-order chi connectivity index (χ0) is 15.8. The molecule has 3 N–H and O–H groups in total. The van der Waals surface area contributed by atoms with Crippen LogP contribution in [0.5, 0.6) is 5.75 Å². The van der Waals surface area contributed by atoms with Crippen molar-refractivity contribution in [1.82, 2.24) is 0 Å². The summed E-state index contributed by atoms with van der Waals surface area (Å²) in [5.74, 6) is 1.71. The molecule has 126 valence electrons. The van der Waals surface area contributed by atoms with E-state index in [9.17, 15) is 4.79 Å². The summed E-state index contributed by atoms with van der Waals surface area (Å²) in [5.41, 5.74) is 6.44. The Bertz CT molecular complexity index is 473. The topological polar surface area (TPSA) is 64.4 Å². The van der Waals surface area contributed by atoms with Crippen molar-refractivity contribution in [1.29, 1.82) is 0 Å². The van der Waals surface area contributed by atoms with E-state index in [2.05, 4.69) is 19.2 Å². The van der Waals surface area contributed by atoms with E-state index in [1.165, 1.54) is 0 Å². The number of anilines is 1. The summed E-state index contributed by atoms with van der Waals surface area (Å²) >= 11 is 7.82. The standard InChI is InChI=1S/C15H23ClN2O2S.ClH/c1-10(2)9-20-14-5-4-11(8-12(14)16)18-15(19)13(17)6-7-21-3;/h4-5,8,10,13H,6-7,9,17H2,1-3H3,(H,18,19);1H. The van der Waals surface area contributed by atoms with Crippen LogP contribution in [0.3, 0.4) is 0 Å². The van der Waals surface area contributed by atoms with E-state index in [0.29, 0.717) is 35.4 Å². The molecule has 1 aromatic rings. The Morgan fingerprint density at radius 1 is 1.45 bits per heavy atom. The van der Waals surface area contributed by atoms with Crippen molar-refractivity contribution in [2.45, 2.75) is 26.3 Å². The highest BCUT2D eigenvalue weighted by Crippen LogP contribution is 2.28. The molecule has 1 unspecified atom stereocenters. The number of nitrogens with one attached hydrogen (secondary N) is 1. The van der Waals surface area contributed by atoms with Crippen molar-refractivity contribution in [2.75, 3.05) is 23.9 Å². The first-order valence-corrected chi connectivity index (χ1v) is 8.69. The fourth-order valence-corrected chi connectivity index (χ4v) is 2.29. The number of rotatable bonds is 8. The quantitative estimate of drug-likeness (QED) is 0.733. The lowest BCUT2D eigenvalue weighted by molar-refractivity contribution is -0.117. The molecule has 0 aromatic heterocycles. The Labute approximate surface area is 147 Å². The Morgan fingerprint density at radius 3 is 2.68 bits per heavy atom. The van der Waals surface area contributed by atoms with Gasteiger partial charge in [0.25, 0.3) is 0 Å². The lowest BCUT2D eigenvalue weighted by Gasteiger charge is -2.14. The van der Waals surface area contributed by atoms with Crippen molar-refractivity contribution in [3.05, 3.63) is 23.2 Å². The lowest BCUT2D eigenvalue weighted by Crippen LogP contribution is -2.36. The van der Waals surface area contributed by atoms with Gasteiger partial charge in [-0.1, -0.05) is 25.4 Å². The monoisotopic (exact) mass is 366 g/mol. The summed E-state index contributed by atoms with van der Waals surface area (Å²) in [7, 11) is 0. The van der Waals surface area contributed by atoms with E-state index < -0.39 is 6.04 Å². The van der Waals surface area contributed by atoms with Gasteiger partial charge in [-0.15, -0.1) is 12.4 Å². The predicted molar refractivity (Wildman–Crippen MR) is 98.6 cm³/mol. The average Bonchev–Trinajstić information content (AvgIpc) is 2.43. The van der Waals surface area contributed by atoms with Crippen LogP contribution in [0.15, 0.2) is 18.2 Å². The number of hydrogen-bond donors (Lipinski definition) is 2. The molecular weight excluding hydrogens is 343 g/mol. The number of nitrogens with two attached hydrogens (primary N) is 1. The molecule has 0 heterocycles. The number of carbonyl (C=O) groups excluding carboxylic acids is 1. The molecule has 0 saturated heterocycles. The first-order chi connectivity index (χ1) is 9.93. The molecule has 1 rings (SSSR count). The average molecular weight is 367 g/mol. The van der Waals surface area contributed by atoms with Crippen LogP contribution in [0.2, 0.25) is 5.02 Å². The molecule has 0 aliphatic rings. The summed E-state index contributed by atoms with van der Waals surface area (Å²) in [6.07, 6.45) is 2.64.